The van der Waals surface area contributed by atoms with Crippen LogP contribution in [0.25, 0.3) is 0 Å². The number of anilines is 5. The average molecular weight is 653 g/mol. The van der Waals surface area contributed by atoms with Gasteiger partial charge in [0.1, 0.15) is 0 Å². The Bertz CT molecular complexity index is 1270. The van der Waals surface area contributed by atoms with E-state index in [0.29, 0.717) is 73.3 Å². The molecular formula is C33H48N6O6Si. The van der Waals surface area contributed by atoms with Gasteiger partial charge in [0.05, 0.1) is 24.3 Å². The van der Waals surface area contributed by atoms with E-state index >= 15 is 0 Å². The fourth-order valence-electron chi connectivity index (χ4n) is 4.40. The number of ether oxygens (including phenoxy) is 2. The van der Waals surface area contributed by atoms with E-state index in [-0.39, 0.29) is 11.9 Å². The number of aromatic nitrogens is 3. The van der Waals surface area contributed by atoms with Crippen LogP contribution in [0, 0.1) is 0 Å². The number of nitrogens with zero attached hydrogens (tertiary/aromatic N) is 3. The normalized spacial score (nSPS) is 11.2. The topological polar surface area (TPSA) is 146 Å². The van der Waals surface area contributed by atoms with Crippen molar-refractivity contribution in [2.75, 3.05) is 48.9 Å². The van der Waals surface area contributed by atoms with E-state index in [2.05, 4.69) is 37.4 Å². The number of esters is 2. The van der Waals surface area contributed by atoms with Crippen LogP contribution in [0.4, 0.5) is 29.2 Å². The van der Waals surface area contributed by atoms with Crippen molar-refractivity contribution in [2.45, 2.75) is 72.4 Å². The highest BCUT2D eigenvalue weighted by Crippen LogP contribution is 2.21. The SMILES string of the molecule is CCCCOC(=O)c1ccc(Nc2nc(NCCC[Si](C)(OCC)OCC)nc(Nc3ccc(C(=O)OCCCC)cc3)n2)cc1. The quantitative estimate of drug-likeness (QED) is 0.0607. The molecule has 0 saturated carbocycles. The smallest absolute Gasteiger partial charge is 0.338 e. The molecule has 3 N–H and O–H groups in total. The summed E-state index contributed by atoms with van der Waals surface area (Å²) in [5, 5.41) is 9.69. The average Bonchev–Trinajstić information content (AvgIpc) is 3.04. The molecule has 13 heteroatoms. The van der Waals surface area contributed by atoms with Gasteiger partial charge in [0, 0.05) is 31.1 Å². The summed E-state index contributed by atoms with van der Waals surface area (Å²) in [7, 11) is -2.24. The van der Waals surface area contributed by atoms with E-state index in [0.717, 1.165) is 38.1 Å². The lowest BCUT2D eigenvalue weighted by Gasteiger charge is -2.25. The van der Waals surface area contributed by atoms with Crippen LogP contribution in [0.1, 0.15) is 80.5 Å². The number of carbonyl (C=O) groups is 2. The Kier molecular flexibility index (Phi) is 15.4. The molecule has 1 aromatic heterocycles. The van der Waals surface area contributed by atoms with E-state index < -0.39 is 8.56 Å². The zero-order valence-electron chi connectivity index (χ0n) is 27.7. The zero-order chi connectivity index (χ0) is 33.2. The molecule has 0 aliphatic rings. The molecule has 46 heavy (non-hydrogen) atoms. The molecule has 0 bridgehead atoms. The van der Waals surface area contributed by atoms with Gasteiger partial charge in [-0.3, -0.25) is 0 Å². The highest BCUT2D eigenvalue weighted by Gasteiger charge is 2.29. The number of nitrogens with one attached hydrogen (secondary N) is 3. The van der Waals surface area contributed by atoms with Gasteiger partial charge in [-0.25, -0.2) is 9.59 Å². The second-order valence-corrected chi connectivity index (χ2v) is 14.1. The lowest BCUT2D eigenvalue weighted by atomic mass is 10.2. The van der Waals surface area contributed by atoms with Crippen LogP contribution in [-0.4, -0.2) is 68.4 Å². The third kappa shape index (κ3) is 12.4. The lowest BCUT2D eigenvalue weighted by Crippen LogP contribution is -2.39. The molecule has 3 rings (SSSR count). The van der Waals surface area contributed by atoms with Gasteiger partial charge in [0.2, 0.25) is 17.8 Å². The molecule has 0 aliphatic carbocycles. The van der Waals surface area contributed by atoms with Crippen LogP contribution in [0.5, 0.6) is 0 Å². The van der Waals surface area contributed by atoms with Crippen molar-refractivity contribution < 1.29 is 27.9 Å². The van der Waals surface area contributed by atoms with Crippen molar-refractivity contribution >= 4 is 49.7 Å². The summed E-state index contributed by atoms with van der Waals surface area (Å²) in [6, 6.07) is 14.7. The molecule has 0 aliphatic heterocycles. The molecule has 0 radical (unpaired) electrons. The monoisotopic (exact) mass is 652 g/mol. The Labute approximate surface area is 273 Å². The van der Waals surface area contributed by atoms with E-state index in [4.69, 9.17) is 18.3 Å². The van der Waals surface area contributed by atoms with Gasteiger partial charge in [-0.2, -0.15) is 15.0 Å². The maximum atomic E-state index is 12.3. The first kappa shape index (κ1) is 36.4. The largest absolute Gasteiger partial charge is 0.462 e. The fraction of sp³-hybridized carbons (Fsp3) is 0.485. The Balaban J connectivity index is 1.74. The predicted molar refractivity (Wildman–Crippen MR) is 182 cm³/mol. The van der Waals surface area contributed by atoms with Crippen molar-refractivity contribution in [1.82, 2.24) is 15.0 Å². The van der Waals surface area contributed by atoms with Gasteiger partial charge in [0.25, 0.3) is 0 Å². The van der Waals surface area contributed by atoms with E-state index in [1.807, 2.05) is 27.7 Å². The third-order valence-electron chi connectivity index (χ3n) is 6.84. The summed E-state index contributed by atoms with van der Waals surface area (Å²) in [6.07, 6.45) is 4.37. The molecule has 3 aromatic rings. The second kappa shape index (κ2) is 19.4. The minimum Gasteiger partial charge on any atom is -0.462 e. The number of carbonyl (C=O) groups excluding carboxylic acids is 2. The minimum absolute atomic E-state index is 0.303. The lowest BCUT2D eigenvalue weighted by molar-refractivity contribution is 0.0490. The van der Waals surface area contributed by atoms with E-state index in [9.17, 15) is 9.59 Å². The summed E-state index contributed by atoms with van der Waals surface area (Å²) in [6.45, 7) is 12.8. The van der Waals surface area contributed by atoms with Gasteiger partial charge in [-0.05, 0) is 94.2 Å². The number of benzene rings is 2. The molecule has 0 spiro atoms. The molecule has 2 aromatic carbocycles. The third-order valence-corrected chi connectivity index (χ3v) is 9.90. The standard InChI is InChI=1S/C33H48N6O6Si/c1-6-10-22-42-29(40)25-13-17-27(18-14-25)35-32-37-31(34-21-12-24-46(5,44-8-3)45-9-4)38-33(39-32)36-28-19-15-26(16-20-28)30(41)43-23-11-7-2/h13-20H,6-12,21-24H2,1-5H3,(H3,34,35,36,37,38,39). The van der Waals surface area contributed by atoms with Crippen molar-refractivity contribution in [3.8, 4) is 0 Å². The number of unbranched alkanes of at least 4 members (excludes halogenated alkanes) is 2. The highest BCUT2D eigenvalue weighted by molar-refractivity contribution is 6.66. The van der Waals surface area contributed by atoms with Crippen LogP contribution in [-0.2, 0) is 18.3 Å². The molecule has 12 nitrogen and oxygen atoms in total. The number of hydrogen-bond donors (Lipinski definition) is 3. The van der Waals surface area contributed by atoms with Crippen LogP contribution in [0.15, 0.2) is 48.5 Å². The molecular weight excluding hydrogens is 604 g/mol. The van der Waals surface area contributed by atoms with E-state index in [1.54, 1.807) is 48.5 Å². The highest BCUT2D eigenvalue weighted by atomic mass is 28.4. The van der Waals surface area contributed by atoms with E-state index in [1.165, 1.54) is 0 Å². The summed E-state index contributed by atoms with van der Waals surface area (Å²) in [5.41, 5.74) is 2.31. The van der Waals surface area contributed by atoms with Crippen LogP contribution < -0.4 is 16.0 Å². The minimum atomic E-state index is -2.24. The second-order valence-electron chi connectivity index (χ2n) is 10.7. The molecule has 0 saturated heterocycles. The Morgan fingerprint density at radius 3 is 1.50 bits per heavy atom. The van der Waals surface area contributed by atoms with Crippen LogP contribution in [0.3, 0.4) is 0 Å². The van der Waals surface area contributed by atoms with Gasteiger partial charge in [-0.1, -0.05) is 26.7 Å². The Morgan fingerprint density at radius 1 is 0.652 bits per heavy atom. The van der Waals surface area contributed by atoms with Crippen LogP contribution in [0.2, 0.25) is 12.6 Å². The van der Waals surface area contributed by atoms with Crippen molar-refractivity contribution in [3.05, 3.63) is 59.7 Å². The fourth-order valence-corrected chi connectivity index (χ4v) is 6.81. The Morgan fingerprint density at radius 2 is 1.09 bits per heavy atom. The maximum Gasteiger partial charge on any atom is 0.338 e. The molecule has 0 amide bonds. The molecule has 0 atom stereocenters. The molecule has 0 fully saturated rings. The maximum absolute atomic E-state index is 12.3. The first-order valence-electron chi connectivity index (χ1n) is 16.1. The number of hydrogen-bond acceptors (Lipinski definition) is 12. The summed E-state index contributed by atoms with van der Waals surface area (Å²) in [5.74, 6) is 0.273. The number of rotatable bonds is 21. The summed E-state index contributed by atoms with van der Waals surface area (Å²) >= 11 is 0. The molecule has 250 valence electrons. The molecule has 1 heterocycles. The van der Waals surface area contributed by atoms with Crippen molar-refractivity contribution in [2.24, 2.45) is 0 Å². The van der Waals surface area contributed by atoms with Gasteiger partial charge < -0.3 is 34.3 Å². The van der Waals surface area contributed by atoms with Crippen molar-refractivity contribution in [3.63, 3.8) is 0 Å². The predicted octanol–water partition coefficient (Wildman–Crippen LogP) is 7.22. The van der Waals surface area contributed by atoms with Crippen LogP contribution >= 0.6 is 0 Å². The van der Waals surface area contributed by atoms with Gasteiger partial charge in [-0.15, -0.1) is 0 Å². The Hall–Kier alpha value is -4.07. The summed E-state index contributed by atoms with van der Waals surface area (Å²) < 4.78 is 22.5. The molecule has 0 unspecified atom stereocenters. The van der Waals surface area contributed by atoms with Gasteiger partial charge in [0.15, 0.2) is 0 Å². The summed E-state index contributed by atoms with van der Waals surface area (Å²) in [4.78, 5) is 38.3. The van der Waals surface area contributed by atoms with Gasteiger partial charge >= 0.3 is 20.5 Å². The zero-order valence-corrected chi connectivity index (χ0v) is 28.7. The van der Waals surface area contributed by atoms with Crippen molar-refractivity contribution in [1.29, 1.82) is 0 Å². The first-order chi connectivity index (χ1) is 22.3. The first-order valence-corrected chi connectivity index (χ1v) is 18.7.